The van der Waals surface area contributed by atoms with Crippen LogP contribution in [0.4, 0.5) is 0 Å². The Bertz CT molecular complexity index is 1060. The zero-order valence-electron chi connectivity index (χ0n) is 15.5. The van der Waals surface area contributed by atoms with Gasteiger partial charge in [0, 0.05) is 28.5 Å². The highest BCUT2D eigenvalue weighted by molar-refractivity contribution is 6.30. The number of amides is 1. The van der Waals surface area contributed by atoms with Crippen LogP contribution in [0, 0.1) is 0 Å². The van der Waals surface area contributed by atoms with Crippen molar-refractivity contribution in [1.82, 2.24) is 15.2 Å². The Labute approximate surface area is 168 Å². The minimum atomic E-state index is -0.196. The Morgan fingerprint density at radius 3 is 2.61 bits per heavy atom. The number of hydrogen-bond acceptors (Lipinski definition) is 3. The molecule has 0 bridgehead atoms. The predicted octanol–water partition coefficient (Wildman–Crippen LogP) is 3.75. The predicted molar refractivity (Wildman–Crippen MR) is 112 cm³/mol. The van der Waals surface area contributed by atoms with Crippen LogP contribution in [0.1, 0.15) is 34.8 Å². The van der Waals surface area contributed by atoms with E-state index in [0.29, 0.717) is 27.9 Å². The molecule has 0 unspecified atom stereocenters. The van der Waals surface area contributed by atoms with Crippen molar-refractivity contribution < 1.29 is 4.79 Å². The summed E-state index contributed by atoms with van der Waals surface area (Å²) in [5.41, 5.74) is 1.38. The van der Waals surface area contributed by atoms with Gasteiger partial charge >= 0.3 is 0 Å². The van der Waals surface area contributed by atoms with Crippen LogP contribution in [0.3, 0.4) is 0 Å². The van der Waals surface area contributed by atoms with Gasteiger partial charge in [-0.1, -0.05) is 41.9 Å². The van der Waals surface area contributed by atoms with E-state index < -0.39 is 0 Å². The molecule has 0 spiro atoms. The summed E-state index contributed by atoms with van der Waals surface area (Å²) in [4.78, 5) is 30.0. The molecule has 6 heteroatoms. The topological polar surface area (TPSA) is 65.2 Å². The lowest BCUT2D eigenvalue weighted by Gasteiger charge is -2.28. The Morgan fingerprint density at radius 1 is 1.11 bits per heavy atom. The lowest BCUT2D eigenvalue weighted by molar-refractivity contribution is 0.0939. The minimum Gasteiger partial charge on any atom is -0.350 e. The molecule has 2 N–H and O–H groups in total. The molecule has 1 aromatic heterocycles. The van der Waals surface area contributed by atoms with Crippen molar-refractivity contribution in [1.29, 1.82) is 0 Å². The Kier molecular flexibility index (Phi) is 5.46. The van der Waals surface area contributed by atoms with Gasteiger partial charge in [-0.25, -0.2) is 0 Å². The van der Waals surface area contributed by atoms with E-state index in [4.69, 9.17) is 11.6 Å². The fourth-order valence-electron chi connectivity index (χ4n) is 3.91. The van der Waals surface area contributed by atoms with Gasteiger partial charge in [0.2, 0.25) is 0 Å². The first kappa shape index (κ1) is 18.7. The van der Waals surface area contributed by atoms with E-state index >= 15 is 0 Å². The molecule has 28 heavy (non-hydrogen) atoms. The third-order valence-corrected chi connectivity index (χ3v) is 5.56. The first-order valence-electron chi connectivity index (χ1n) is 9.51. The number of rotatable bonds is 5. The molecular weight excluding hydrogens is 374 g/mol. The molecule has 2 heterocycles. The largest absolute Gasteiger partial charge is 0.350 e. The fraction of sp³-hybridized carbons (Fsp3) is 0.273. The molecule has 5 nitrogen and oxygen atoms in total. The average molecular weight is 396 g/mol. The highest BCUT2D eigenvalue weighted by atomic mass is 35.5. The van der Waals surface area contributed by atoms with Gasteiger partial charge in [0.25, 0.3) is 11.5 Å². The van der Waals surface area contributed by atoms with Gasteiger partial charge in [-0.15, -0.1) is 0 Å². The monoisotopic (exact) mass is 395 g/mol. The van der Waals surface area contributed by atoms with Gasteiger partial charge in [0.05, 0.1) is 11.6 Å². The maximum absolute atomic E-state index is 12.9. The number of halogens is 1. The second kappa shape index (κ2) is 8.17. The number of aromatic nitrogens is 1. The van der Waals surface area contributed by atoms with Gasteiger partial charge in [0.15, 0.2) is 0 Å². The first-order valence-corrected chi connectivity index (χ1v) is 9.89. The number of nitrogens with one attached hydrogen (secondary N) is 2. The molecule has 1 fully saturated rings. The number of likely N-dealkylation sites (tertiary alicyclic amines) is 1. The second-order valence-electron chi connectivity index (χ2n) is 7.10. The van der Waals surface area contributed by atoms with Crippen LogP contribution in [-0.4, -0.2) is 35.4 Å². The molecule has 1 aliphatic heterocycles. The van der Waals surface area contributed by atoms with Crippen LogP contribution in [0.5, 0.6) is 0 Å². The van der Waals surface area contributed by atoms with Gasteiger partial charge in [0.1, 0.15) is 0 Å². The quantitative estimate of drug-likeness (QED) is 0.691. The summed E-state index contributed by atoms with van der Waals surface area (Å²) in [5, 5.41) is 4.93. The van der Waals surface area contributed by atoms with Crippen molar-refractivity contribution in [2.45, 2.75) is 18.9 Å². The normalized spacial score (nSPS) is 15.6. The van der Waals surface area contributed by atoms with Gasteiger partial charge < -0.3 is 10.3 Å². The number of nitrogens with zero attached hydrogens (tertiary/aromatic N) is 1. The van der Waals surface area contributed by atoms with Crippen molar-refractivity contribution in [2.75, 3.05) is 19.6 Å². The average Bonchev–Trinajstić information content (AvgIpc) is 3.23. The van der Waals surface area contributed by atoms with E-state index in [2.05, 4.69) is 21.3 Å². The number of H-pyrrole nitrogens is 1. The molecule has 2 aromatic carbocycles. The summed E-state index contributed by atoms with van der Waals surface area (Å²) in [7, 11) is 0. The number of hydrogen-bond donors (Lipinski definition) is 2. The molecule has 0 radical (unpaired) electrons. The van der Waals surface area contributed by atoms with Crippen LogP contribution in [0.15, 0.2) is 59.5 Å². The van der Waals surface area contributed by atoms with Crippen molar-refractivity contribution in [3.8, 4) is 0 Å². The maximum Gasteiger partial charge on any atom is 0.255 e. The lowest BCUT2D eigenvalue weighted by Crippen LogP contribution is -2.37. The SMILES string of the molecule is O=C(NC[C@@H](c1cccc(Cl)c1)N1CCCC1)c1c[nH]c(=O)c2ccccc12. The van der Waals surface area contributed by atoms with Crippen LogP contribution in [0.2, 0.25) is 5.02 Å². The molecule has 144 valence electrons. The van der Waals surface area contributed by atoms with Crippen molar-refractivity contribution in [3.63, 3.8) is 0 Å². The number of pyridine rings is 1. The Hall–Kier alpha value is -2.63. The van der Waals surface area contributed by atoms with Gasteiger partial charge in [-0.3, -0.25) is 14.5 Å². The first-order chi connectivity index (χ1) is 13.6. The number of benzene rings is 2. The van der Waals surface area contributed by atoms with Gasteiger partial charge in [-0.05, 0) is 49.7 Å². The van der Waals surface area contributed by atoms with E-state index in [1.807, 2.05) is 24.3 Å². The number of fused-ring (bicyclic) bond motifs is 1. The highest BCUT2D eigenvalue weighted by Crippen LogP contribution is 2.26. The van der Waals surface area contributed by atoms with E-state index in [0.717, 1.165) is 31.5 Å². The molecule has 1 saturated heterocycles. The molecular formula is C22H22ClN3O2. The summed E-state index contributed by atoms with van der Waals surface area (Å²) in [6, 6.07) is 15.0. The third-order valence-electron chi connectivity index (χ3n) is 5.32. The summed E-state index contributed by atoms with van der Waals surface area (Å²) in [6.07, 6.45) is 3.81. The summed E-state index contributed by atoms with van der Waals surface area (Å²) in [5.74, 6) is -0.196. The molecule has 4 rings (SSSR count). The van der Waals surface area contributed by atoms with E-state index in [1.54, 1.807) is 18.2 Å². The van der Waals surface area contributed by atoms with Crippen LogP contribution in [0.25, 0.3) is 10.8 Å². The van der Waals surface area contributed by atoms with E-state index in [1.165, 1.54) is 6.20 Å². The lowest BCUT2D eigenvalue weighted by atomic mass is 10.0. The maximum atomic E-state index is 12.9. The van der Waals surface area contributed by atoms with Crippen molar-refractivity contribution in [3.05, 3.63) is 81.2 Å². The highest BCUT2D eigenvalue weighted by Gasteiger charge is 2.24. The standard InChI is InChI=1S/C22H22ClN3O2/c23-16-7-5-6-15(12-16)20(26-10-3-4-11-26)14-25-22(28)19-13-24-21(27)18-9-2-1-8-17(18)19/h1-2,5-9,12-13,20H,3-4,10-11,14H2,(H,24,27)(H,25,28)/t20-/m0/s1. The number of carbonyl (C=O) groups is 1. The minimum absolute atomic E-state index is 0.0687. The third kappa shape index (κ3) is 3.81. The Morgan fingerprint density at radius 2 is 1.86 bits per heavy atom. The zero-order valence-corrected chi connectivity index (χ0v) is 16.2. The number of aromatic amines is 1. The summed E-state index contributed by atoms with van der Waals surface area (Å²) >= 11 is 6.19. The molecule has 1 aliphatic rings. The van der Waals surface area contributed by atoms with Crippen LogP contribution >= 0.6 is 11.6 Å². The zero-order chi connectivity index (χ0) is 19.5. The van der Waals surface area contributed by atoms with Gasteiger partial charge in [-0.2, -0.15) is 0 Å². The van der Waals surface area contributed by atoms with Crippen LogP contribution < -0.4 is 10.9 Å². The molecule has 3 aromatic rings. The summed E-state index contributed by atoms with van der Waals surface area (Å²) < 4.78 is 0. The second-order valence-corrected chi connectivity index (χ2v) is 7.54. The molecule has 0 saturated carbocycles. The van der Waals surface area contributed by atoms with Crippen molar-refractivity contribution >= 4 is 28.3 Å². The molecule has 1 amide bonds. The fourth-order valence-corrected chi connectivity index (χ4v) is 4.11. The molecule has 1 atom stereocenters. The number of carbonyl (C=O) groups excluding carboxylic acids is 1. The van der Waals surface area contributed by atoms with Crippen LogP contribution in [-0.2, 0) is 0 Å². The van der Waals surface area contributed by atoms with E-state index in [-0.39, 0.29) is 17.5 Å². The Balaban J connectivity index is 1.58. The van der Waals surface area contributed by atoms with E-state index in [9.17, 15) is 9.59 Å². The molecule has 0 aliphatic carbocycles. The smallest absolute Gasteiger partial charge is 0.255 e. The van der Waals surface area contributed by atoms with Crippen molar-refractivity contribution in [2.24, 2.45) is 0 Å². The summed E-state index contributed by atoms with van der Waals surface area (Å²) in [6.45, 7) is 2.50.